The van der Waals surface area contributed by atoms with Crippen LogP contribution in [-0.4, -0.2) is 56.5 Å². The second-order valence-electron chi connectivity index (χ2n) is 7.82. The van der Waals surface area contributed by atoms with Crippen LogP contribution in [0.5, 0.6) is 0 Å². The molecular weight excluding hydrogens is 417 g/mol. The molecule has 0 bridgehead atoms. The molecule has 0 saturated carbocycles. The minimum absolute atomic E-state index is 0.0298. The summed E-state index contributed by atoms with van der Waals surface area (Å²) in [5, 5.41) is 7.18. The van der Waals surface area contributed by atoms with Crippen molar-refractivity contribution in [3.63, 3.8) is 0 Å². The highest BCUT2D eigenvalue weighted by Gasteiger charge is 2.40. The van der Waals surface area contributed by atoms with E-state index in [4.69, 9.17) is 11.6 Å². The Kier molecular flexibility index (Phi) is 5.77. The third-order valence-corrected chi connectivity index (χ3v) is 7.15. The lowest BCUT2D eigenvalue weighted by Crippen LogP contribution is -2.38. The minimum atomic E-state index is -4.04. The molecule has 0 spiro atoms. The molecule has 1 unspecified atom stereocenters. The molecule has 0 radical (unpaired) electrons. The molecule has 158 valence electrons. The number of fused-ring (bicyclic) bond motifs is 1. The number of anilines is 1. The number of rotatable bonds is 6. The van der Waals surface area contributed by atoms with Crippen LogP contribution in [0.4, 0.5) is 16.0 Å². The monoisotopic (exact) mass is 441 g/mol. The molecule has 1 aliphatic rings. The van der Waals surface area contributed by atoms with E-state index in [1.807, 2.05) is 21.0 Å². The molecule has 10 heteroatoms. The summed E-state index contributed by atoms with van der Waals surface area (Å²) in [4.78, 5) is 6.49. The Morgan fingerprint density at radius 1 is 1.38 bits per heavy atom. The first-order chi connectivity index (χ1) is 13.5. The van der Waals surface area contributed by atoms with Crippen LogP contribution >= 0.6 is 11.6 Å². The molecular formula is C19H25ClFN5O2S. The number of hydrogen-bond acceptors (Lipinski definition) is 6. The summed E-state index contributed by atoms with van der Waals surface area (Å²) in [6, 6.07) is 3.35. The average molecular weight is 442 g/mol. The Morgan fingerprint density at radius 3 is 2.66 bits per heavy atom. The van der Waals surface area contributed by atoms with Gasteiger partial charge in [0.1, 0.15) is 5.82 Å². The van der Waals surface area contributed by atoms with Gasteiger partial charge in [-0.2, -0.15) is 5.10 Å². The fourth-order valence-electron chi connectivity index (χ4n) is 3.55. The summed E-state index contributed by atoms with van der Waals surface area (Å²) >= 11 is 5.83. The van der Waals surface area contributed by atoms with E-state index >= 15 is 0 Å². The zero-order valence-electron chi connectivity index (χ0n) is 17.1. The van der Waals surface area contributed by atoms with Gasteiger partial charge in [-0.1, -0.05) is 11.6 Å². The van der Waals surface area contributed by atoms with Crippen molar-refractivity contribution in [3.8, 4) is 0 Å². The lowest BCUT2D eigenvalue weighted by molar-refractivity contribution is 0.236. The Bertz CT molecular complexity index is 1080. The normalized spacial score (nSPS) is 19.2. The van der Waals surface area contributed by atoms with Gasteiger partial charge in [0.15, 0.2) is 16.5 Å². The van der Waals surface area contributed by atoms with Crippen molar-refractivity contribution < 1.29 is 12.8 Å². The van der Waals surface area contributed by atoms with Gasteiger partial charge in [0.2, 0.25) is 9.84 Å². The molecule has 1 atom stereocenters. The number of hydrogen-bond donors (Lipinski definition) is 1. The minimum Gasteiger partial charge on any atom is -0.371 e. The van der Waals surface area contributed by atoms with Gasteiger partial charge in [-0.05, 0) is 59.1 Å². The maximum Gasteiger partial charge on any atom is 0.214 e. The molecule has 0 fully saturated rings. The Hall–Kier alpha value is -1.97. The maximum absolute atomic E-state index is 13.6. The highest BCUT2D eigenvalue weighted by Crippen LogP contribution is 2.43. The van der Waals surface area contributed by atoms with Gasteiger partial charge >= 0.3 is 0 Å². The summed E-state index contributed by atoms with van der Waals surface area (Å²) in [5.74, 6) is -0.198. The van der Waals surface area contributed by atoms with E-state index in [0.717, 1.165) is 30.8 Å². The van der Waals surface area contributed by atoms with Crippen LogP contribution < -0.4 is 5.32 Å². The van der Waals surface area contributed by atoms with Crippen molar-refractivity contribution in [1.82, 2.24) is 14.7 Å². The summed E-state index contributed by atoms with van der Waals surface area (Å²) < 4.78 is 42.2. The molecule has 29 heavy (non-hydrogen) atoms. The number of sulfone groups is 1. The lowest BCUT2D eigenvalue weighted by Gasteiger charge is -2.35. The quantitative estimate of drug-likeness (QED) is 0.691. The van der Waals surface area contributed by atoms with E-state index in [9.17, 15) is 12.8 Å². The third kappa shape index (κ3) is 3.91. The second-order valence-corrected chi connectivity index (χ2v) is 10.1. The Balaban J connectivity index is 2.22. The van der Waals surface area contributed by atoms with Crippen molar-refractivity contribution in [2.45, 2.75) is 42.0 Å². The molecule has 2 heterocycles. The van der Waals surface area contributed by atoms with Gasteiger partial charge < -0.3 is 10.2 Å². The predicted molar refractivity (Wildman–Crippen MR) is 113 cm³/mol. The molecule has 0 amide bonds. The molecule has 2 aromatic rings. The number of nitrogens with zero attached hydrogens (tertiary/aromatic N) is 4. The van der Waals surface area contributed by atoms with Gasteiger partial charge in [0.25, 0.3) is 0 Å². The number of nitrogens with one attached hydrogen (secondary N) is 1. The smallest absolute Gasteiger partial charge is 0.214 e. The summed E-state index contributed by atoms with van der Waals surface area (Å²) in [7, 11) is 1.55. The first-order valence-corrected chi connectivity index (χ1v) is 11.1. The summed E-state index contributed by atoms with van der Waals surface area (Å²) in [6.45, 7) is 4.75. The Labute approximate surface area is 175 Å². The van der Waals surface area contributed by atoms with E-state index in [0.29, 0.717) is 6.42 Å². The van der Waals surface area contributed by atoms with Gasteiger partial charge in [0.05, 0.1) is 15.5 Å². The first-order valence-electron chi connectivity index (χ1n) is 9.20. The molecule has 0 aliphatic carbocycles. The zero-order valence-corrected chi connectivity index (χ0v) is 18.7. The maximum atomic E-state index is 13.6. The van der Waals surface area contributed by atoms with Gasteiger partial charge in [0, 0.05) is 19.2 Å². The number of benzene rings is 1. The van der Waals surface area contributed by atoms with Crippen LogP contribution in [0.25, 0.3) is 0 Å². The van der Waals surface area contributed by atoms with Gasteiger partial charge in [-0.25, -0.2) is 22.5 Å². The van der Waals surface area contributed by atoms with Crippen LogP contribution in [0, 0.1) is 5.82 Å². The number of aliphatic imine (C=N–C) groups is 1. The van der Waals surface area contributed by atoms with Crippen molar-refractivity contribution in [3.05, 3.63) is 29.0 Å². The molecule has 7 nitrogen and oxygen atoms in total. The van der Waals surface area contributed by atoms with Crippen LogP contribution in [0.3, 0.4) is 0 Å². The van der Waals surface area contributed by atoms with E-state index in [2.05, 4.69) is 27.2 Å². The SMILES string of the molecule is CNc1nn2c(c1S(=O)(=O)c1ccc(F)c(Cl)c1)N=C(C)CC2(C)CCN(C)C. The van der Waals surface area contributed by atoms with Crippen molar-refractivity contribution in [1.29, 1.82) is 0 Å². The van der Waals surface area contributed by atoms with Crippen molar-refractivity contribution in [2.75, 3.05) is 33.0 Å². The fraction of sp³-hybridized carbons (Fsp3) is 0.474. The molecule has 3 rings (SSSR count). The van der Waals surface area contributed by atoms with E-state index in [-0.39, 0.29) is 26.4 Å². The molecule has 1 N–H and O–H groups in total. The number of halogens is 2. The third-order valence-electron chi connectivity index (χ3n) is 5.07. The van der Waals surface area contributed by atoms with Crippen LogP contribution in [-0.2, 0) is 15.4 Å². The summed E-state index contributed by atoms with van der Waals surface area (Å²) in [6.07, 6.45) is 1.44. The van der Waals surface area contributed by atoms with E-state index in [1.165, 1.54) is 6.07 Å². The van der Waals surface area contributed by atoms with Crippen molar-refractivity contribution >= 4 is 38.8 Å². The average Bonchev–Trinajstić information content (AvgIpc) is 3.02. The zero-order chi connectivity index (χ0) is 21.6. The largest absolute Gasteiger partial charge is 0.371 e. The molecule has 1 aromatic carbocycles. The fourth-order valence-corrected chi connectivity index (χ4v) is 5.32. The molecule has 0 saturated heterocycles. The lowest BCUT2D eigenvalue weighted by atomic mass is 9.90. The Morgan fingerprint density at radius 2 is 2.07 bits per heavy atom. The first kappa shape index (κ1) is 21.7. The van der Waals surface area contributed by atoms with Crippen molar-refractivity contribution in [2.24, 2.45) is 4.99 Å². The van der Waals surface area contributed by atoms with E-state index in [1.54, 1.807) is 11.7 Å². The van der Waals surface area contributed by atoms with Crippen LogP contribution in [0.2, 0.25) is 5.02 Å². The molecule has 1 aliphatic heterocycles. The highest BCUT2D eigenvalue weighted by molar-refractivity contribution is 7.91. The standard InChI is InChI=1S/C19H25ClFN5O2S/c1-12-11-19(2,8-9-25(4)5)26-18(23-12)16(17(22-3)24-26)29(27,28)13-6-7-15(21)14(20)10-13/h6-7,10H,8-9,11H2,1-5H3,(H,22,24). The number of aromatic nitrogens is 2. The van der Waals surface area contributed by atoms with Crippen LogP contribution in [0.1, 0.15) is 26.7 Å². The predicted octanol–water partition coefficient (Wildman–Crippen LogP) is 3.71. The topological polar surface area (TPSA) is 79.6 Å². The highest BCUT2D eigenvalue weighted by atomic mass is 35.5. The van der Waals surface area contributed by atoms with E-state index < -0.39 is 21.2 Å². The summed E-state index contributed by atoms with van der Waals surface area (Å²) in [5.41, 5.74) is 0.403. The molecule has 1 aromatic heterocycles. The second kappa shape index (κ2) is 7.70. The van der Waals surface area contributed by atoms with Crippen LogP contribution in [0.15, 0.2) is 33.0 Å². The van der Waals surface area contributed by atoms with Gasteiger partial charge in [-0.15, -0.1) is 0 Å². The van der Waals surface area contributed by atoms with Gasteiger partial charge in [-0.3, -0.25) is 0 Å².